The van der Waals surface area contributed by atoms with Crippen molar-refractivity contribution >= 4 is 10.0 Å². The Bertz CT molecular complexity index is 610. The van der Waals surface area contributed by atoms with Crippen molar-refractivity contribution in [2.75, 3.05) is 13.1 Å². The van der Waals surface area contributed by atoms with Crippen LogP contribution in [0.2, 0.25) is 0 Å². The van der Waals surface area contributed by atoms with Crippen molar-refractivity contribution in [2.45, 2.75) is 51.5 Å². The average Bonchev–Trinajstić information content (AvgIpc) is 2.49. The second kappa shape index (κ2) is 6.46. The van der Waals surface area contributed by atoms with E-state index in [1.165, 1.54) is 0 Å². The minimum atomic E-state index is -3.47. The molecule has 0 amide bonds. The number of rotatable bonds is 4. The molecular formula is C16H25NO3S. The summed E-state index contributed by atoms with van der Waals surface area (Å²) in [5.41, 5.74) is 2.34. The topological polar surface area (TPSA) is 57.6 Å². The summed E-state index contributed by atoms with van der Waals surface area (Å²) in [5, 5.41) is 9.33. The van der Waals surface area contributed by atoms with Crippen molar-refractivity contribution in [3.8, 4) is 0 Å². The largest absolute Gasteiger partial charge is 0.392 e. The fourth-order valence-corrected chi connectivity index (χ4v) is 4.88. The number of nitrogens with zero attached hydrogens (tertiary/aromatic N) is 1. The van der Waals surface area contributed by atoms with Gasteiger partial charge < -0.3 is 5.11 Å². The van der Waals surface area contributed by atoms with Crippen molar-refractivity contribution in [1.29, 1.82) is 0 Å². The lowest BCUT2D eigenvalue weighted by molar-refractivity contribution is 0.261. The molecule has 1 aromatic carbocycles. The lowest BCUT2D eigenvalue weighted by Gasteiger charge is -2.32. The highest BCUT2D eigenvalue weighted by molar-refractivity contribution is 7.89. The van der Waals surface area contributed by atoms with Gasteiger partial charge in [-0.3, -0.25) is 0 Å². The molecule has 118 valence electrons. The van der Waals surface area contributed by atoms with Crippen molar-refractivity contribution in [3.05, 3.63) is 28.8 Å². The summed E-state index contributed by atoms with van der Waals surface area (Å²) in [6, 6.07) is 3.46. The smallest absolute Gasteiger partial charge is 0.243 e. The quantitative estimate of drug-likeness (QED) is 0.930. The van der Waals surface area contributed by atoms with E-state index in [9.17, 15) is 13.5 Å². The molecule has 1 aromatic rings. The maximum absolute atomic E-state index is 12.9. The SMILES string of the molecule is CCC1CCCN(S(=O)(=O)c2cc(CO)cc(C)c2C)C1. The van der Waals surface area contributed by atoms with Crippen molar-refractivity contribution in [2.24, 2.45) is 5.92 Å². The minimum Gasteiger partial charge on any atom is -0.392 e. The van der Waals surface area contributed by atoms with E-state index in [2.05, 4.69) is 6.92 Å². The third-order valence-electron chi connectivity index (χ3n) is 4.54. The predicted octanol–water partition coefficient (Wildman–Crippen LogP) is 2.61. The first kappa shape index (κ1) is 16.5. The van der Waals surface area contributed by atoms with E-state index in [1.807, 2.05) is 19.9 Å². The fraction of sp³-hybridized carbons (Fsp3) is 0.625. The van der Waals surface area contributed by atoms with E-state index in [4.69, 9.17) is 0 Å². The molecule has 0 spiro atoms. The molecule has 1 aliphatic heterocycles. The van der Waals surface area contributed by atoms with Gasteiger partial charge in [-0.25, -0.2) is 8.42 Å². The van der Waals surface area contributed by atoms with Gasteiger partial charge in [0.15, 0.2) is 0 Å². The Morgan fingerprint density at radius 1 is 1.33 bits per heavy atom. The van der Waals surface area contributed by atoms with E-state index in [0.29, 0.717) is 29.5 Å². The normalized spacial score (nSPS) is 20.7. The van der Waals surface area contributed by atoms with Gasteiger partial charge in [0.2, 0.25) is 10.0 Å². The molecule has 1 atom stereocenters. The number of hydrogen-bond acceptors (Lipinski definition) is 3. The highest BCUT2D eigenvalue weighted by atomic mass is 32.2. The van der Waals surface area contributed by atoms with Gasteiger partial charge in [0.1, 0.15) is 0 Å². The summed E-state index contributed by atoms with van der Waals surface area (Å²) in [5.74, 6) is 0.455. The molecule has 2 rings (SSSR count). The van der Waals surface area contributed by atoms with Crippen LogP contribution in [0.25, 0.3) is 0 Å². The molecule has 5 heteroatoms. The van der Waals surface area contributed by atoms with Crippen LogP contribution in [0.5, 0.6) is 0 Å². The monoisotopic (exact) mass is 311 g/mol. The van der Waals surface area contributed by atoms with E-state index in [1.54, 1.807) is 10.4 Å². The summed E-state index contributed by atoms with van der Waals surface area (Å²) in [4.78, 5) is 0.350. The third-order valence-corrected chi connectivity index (χ3v) is 6.53. The van der Waals surface area contributed by atoms with E-state index in [0.717, 1.165) is 30.4 Å². The minimum absolute atomic E-state index is 0.138. The molecule has 4 nitrogen and oxygen atoms in total. The summed E-state index contributed by atoms with van der Waals surface area (Å²) in [7, 11) is -3.47. The zero-order valence-electron chi connectivity index (χ0n) is 13.1. The van der Waals surface area contributed by atoms with Crippen molar-refractivity contribution in [1.82, 2.24) is 4.31 Å². The lowest BCUT2D eigenvalue weighted by atomic mass is 9.97. The Balaban J connectivity index is 2.41. The first-order valence-corrected chi connectivity index (χ1v) is 9.05. The molecule has 1 heterocycles. The number of benzene rings is 1. The molecule has 0 bridgehead atoms. The molecule has 1 aliphatic rings. The number of aryl methyl sites for hydroxylation is 1. The van der Waals surface area contributed by atoms with Crippen LogP contribution < -0.4 is 0 Å². The summed E-state index contributed by atoms with van der Waals surface area (Å²) >= 11 is 0. The van der Waals surface area contributed by atoms with Gasteiger partial charge in [-0.1, -0.05) is 19.4 Å². The zero-order chi connectivity index (χ0) is 15.6. The van der Waals surface area contributed by atoms with Gasteiger partial charge in [-0.2, -0.15) is 4.31 Å². The van der Waals surface area contributed by atoms with Gasteiger partial charge in [-0.15, -0.1) is 0 Å². The van der Waals surface area contributed by atoms with Gasteiger partial charge in [0.25, 0.3) is 0 Å². The van der Waals surface area contributed by atoms with E-state index in [-0.39, 0.29) is 6.61 Å². The molecular weight excluding hydrogens is 286 g/mol. The van der Waals surface area contributed by atoms with Crippen LogP contribution in [0.3, 0.4) is 0 Å². The number of aliphatic hydroxyl groups excluding tert-OH is 1. The maximum Gasteiger partial charge on any atom is 0.243 e. The molecule has 21 heavy (non-hydrogen) atoms. The van der Waals surface area contributed by atoms with Gasteiger partial charge in [0.05, 0.1) is 11.5 Å². The molecule has 0 saturated carbocycles. The molecule has 0 radical (unpaired) electrons. The van der Waals surface area contributed by atoms with Crippen LogP contribution >= 0.6 is 0 Å². The summed E-state index contributed by atoms with van der Waals surface area (Å²) < 4.78 is 27.5. The standard InChI is InChI=1S/C16H25NO3S/c1-4-14-6-5-7-17(10-14)21(19,20)16-9-15(11-18)8-12(2)13(16)3/h8-9,14,18H,4-7,10-11H2,1-3H3. The summed E-state index contributed by atoms with van der Waals surface area (Å²) in [6.45, 7) is 6.91. The number of hydrogen-bond donors (Lipinski definition) is 1. The van der Waals surface area contributed by atoms with Crippen LogP contribution in [0.1, 0.15) is 42.9 Å². The highest BCUT2D eigenvalue weighted by Crippen LogP contribution is 2.28. The fourth-order valence-electron chi connectivity index (χ4n) is 2.98. The Morgan fingerprint density at radius 3 is 2.67 bits per heavy atom. The van der Waals surface area contributed by atoms with Crippen LogP contribution in [0.4, 0.5) is 0 Å². The second-order valence-electron chi connectivity index (χ2n) is 5.97. The second-order valence-corrected chi connectivity index (χ2v) is 7.88. The van der Waals surface area contributed by atoms with Gasteiger partial charge in [-0.05, 0) is 55.4 Å². The first-order chi connectivity index (χ1) is 9.90. The Labute approximate surface area is 127 Å². The Kier molecular flexibility index (Phi) is 5.07. The zero-order valence-corrected chi connectivity index (χ0v) is 13.9. The van der Waals surface area contributed by atoms with Crippen molar-refractivity contribution < 1.29 is 13.5 Å². The van der Waals surface area contributed by atoms with Crippen LogP contribution in [0.15, 0.2) is 17.0 Å². The van der Waals surface area contributed by atoms with E-state index < -0.39 is 10.0 Å². The number of aliphatic hydroxyl groups is 1. The predicted molar refractivity (Wildman–Crippen MR) is 83.6 cm³/mol. The highest BCUT2D eigenvalue weighted by Gasteiger charge is 2.31. The molecule has 1 saturated heterocycles. The molecule has 1 N–H and O–H groups in total. The van der Waals surface area contributed by atoms with E-state index >= 15 is 0 Å². The summed E-state index contributed by atoms with van der Waals surface area (Å²) in [6.07, 6.45) is 3.05. The third kappa shape index (κ3) is 3.30. The maximum atomic E-state index is 12.9. The molecule has 1 unspecified atom stereocenters. The lowest BCUT2D eigenvalue weighted by Crippen LogP contribution is -2.40. The van der Waals surface area contributed by atoms with Crippen LogP contribution in [0, 0.1) is 19.8 Å². The Hall–Kier alpha value is -0.910. The molecule has 1 fully saturated rings. The first-order valence-electron chi connectivity index (χ1n) is 7.61. The van der Waals surface area contributed by atoms with Crippen LogP contribution in [-0.4, -0.2) is 30.9 Å². The Morgan fingerprint density at radius 2 is 2.05 bits per heavy atom. The molecule has 0 aliphatic carbocycles. The number of sulfonamides is 1. The van der Waals surface area contributed by atoms with Crippen LogP contribution in [-0.2, 0) is 16.6 Å². The van der Waals surface area contributed by atoms with Gasteiger partial charge >= 0.3 is 0 Å². The van der Waals surface area contributed by atoms with Crippen molar-refractivity contribution in [3.63, 3.8) is 0 Å². The number of piperidine rings is 1. The van der Waals surface area contributed by atoms with Gasteiger partial charge in [0, 0.05) is 13.1 Å². The molecule has 0 aromatic heterocycles. The average molecular weight is 311 g/mol.